The molecule has 2 aliphatic carbocycles. The molecule has 1 aromatic rings. The van der Waals surface area contributed by atoms with Crippen molar-refractivity contribution in [2.24, 2.45) is 0 Å². The Morgan fingerprint density at radius 1 is 1.18 bits per heavy atom. The molecule has 38 heavy (non-hydrogen) atoms. The first-order valence-corrected chi connectivity index (χ1v) is 12.4. The van der Waals surface area contributed by atoms with Gasteiger partial charge in [0.2, 0.25) is 6.10 Å². The van der Waals surface area contributed by atoms with Crippen molar-refractivity contribution in [2.75, 3.05) is 20.7 Å². The minimum atomic E-state index is -1.85. The van der Waals surface area contributed by atoms with Gasteiger partial charge >= 0.3 is 23.9 Å². The maximum Gasteiger partial charge on any atom is 0.345 e. The van der Waals surface area contributed by atoms with Crippen LogP contribution in [0.1, 0.15) is 43.2 Å². The molecule has 1 saturated heterocycles. The summed E-state index contributed by atoms with van der Waals surface area (Å²) in [6, 6.07) is 3.66. The molecule has 0 saturated carbocycles. The van der Waals surface area contributed by atoms with Crippen molar-refractivity contribution in [1.29, 1.82) is 0 Å². The maximum atomic E-state index is 12.7. The summed E-state index contributed by atoms with van der Waals surface area (Å²) in [5.41, 5.74) is -0.0761. The number of carboxylic acids is 2. The van der Waals surface area contributed by atoms with Crippen molar-refractivity contribution in [3.05, 3.63) is 35.1 Å². The summed E-state index contributed by atoms with van der Waals surface area (Å²) in [6.07, 6.45) is -1.37. The van der Waals surface area contributed by atoms with Crippen LogP contribution in [0.2, 0.25) is 0 Å². The smallest absolute Gasteiger partial charge is 0.345 e. The van der Waals surface area contributed by atoms with Crippen LogP contribution in [0, 0.1) is 0 Å². The number of esters is 2. The lowest BCUT2D eigenvalue weighted by atomic mass is 9.50. The lowest BCUT2D eigenvalue weighted by Crippen LogP contribution is -2.74. The zero-order valence-corrected chi connectivity index (χ0v) is 21.0. The third-order valence-corrected chi connectivity index (χ3v) is 8.23. The first kappa shape index (κ1) is 26.0. The molecule has 0 radical (unpaired) electrons. The van der Waals surface area contributed by atoms with Crippen LogP contribution in [0.4, 0.5) is 0 Å². The fourth-order valence-electron chi connectivity index (χ4n) is 6.53. The summed E-state index contributed by atoms with van der Waals surface area (Å²) in [6.45, 7) is 0.705. The Kier molecular flexibility index (Phi) is 6.35. The number of aliphatic hydroxyl groups is 1. The fourth-order valence-corrected chi connectivity index (χ4v) is 6.53. The Hall–Kier alpha value is -3.64. The number of benzene rings is 1. The number of rotatable bonds is 9. The standard InChI is InChI=1S/C26H29NO11/c1-27-10-9-25-21-13-3-4-14(35-2)22(21)38-23(25)15(7-8-26(25,34)17(27)11-13)36-19(30)5-6-20(31)37-16(24(32)33)12-18(28)29/h3-4,7,16-17,23,34H,5-6,8-12H2,1-2H3,(H,28,29)(H,32,33)/t16?,17-,23+,25+,26-/m1/s1. The molecule has 0 amide bonds. The van der Waals surface area contributed by atoms with Crippen molar-refractivity contribution in [1.82, 2.24) is 4.90 Å². The number of carbonyl (C=O) groups is 4. The van der Waals surface area contributed by atoms with E-state index in [1.54, 1.807) is 6.08 Å². The molecule has 1 fully saturated rings. The lowest BCUT2D eigenvalue weighted by Gasteiger charge is -2.61. The third-order valence-electron chi connectivity index (χ3n) is 8.23. The first-order valence-electron chi connectivity index (χ1n) is 12.4. The first-order chi connectivity index (χ1) is 18.0. The Bertz CT molecular complexity index is 1240. The van der Waals surface area contributed by atoms with Crippen LogP contribution >= 0.6 is 0 Å². The van der Waals surface area contributed by atoms with Gasteiger partial charge in [-0.2, -0.15) is 0 Å². The number of aliphatic carboxylic acids is 2. The highest BCUT2D eigenvalue weighted by Gasteiger charge is 2.72. The molecule has 1 unspecified atom stereocenters. The van der Waals surface area contributed by atoms with Crippen LogP contribution in [-0.4, -0.2) is 88.6 Å². The van der Waals surface area contributed by atoms with Crippen molar-refractivity contribution in [3.63, 3.8) is 0 Å². The molecular weight excluding hydrogens is 502 g/mol. The van der Waals surface area contributed by atoms with E-state index in [-0.39, 0.29) is 18.2 Å². The fraction of sp³-hybridized carbons (Fsp3) is 0.538. The maximum absolute atomic E-state index is 12.7. The number of likely N-dealkylation sites (tertiary alicyclic amines) is 1. The summed E-state index contributed by atoms with van der Waals surface area (Å²) < 4.78 is 22.3. The number of carboxylic acid groups (broad SMARTS) is 2. The van der Waals surface area contributed by atoms with E-state index < -0.39 is 66.4 Å². The second-order valence-electron chi connectivity index (χ2n) is 10.2. The molecule has 0 aromatic heterocycles. The van der Waals surface area contributed by atoms with Gasteiger partial charge in [0.1, 0.15) is 5.76 Å². The Labute approximate surface area is 217 Å². The SMILES string of the molecule is COc1ccc2c3c1O[C@H]1C(OC(=O)CCC(=O)OC(CC(=O)O)C(=O)O)=CC[C@@]4(O)[C@@H](C2)N(C)CC[C@]314. The highest BCUT2D eigenvalue weighted by Crippen LogP contribution is 2.65. The summed E-state index contributed by atoms with van der Waals surface area (Å²) in [5, 5.41) is 30.0. The summed E-state index contributed by atoms with van der Waals surface area (Å²) in [4.78, 5) is 48.8. The molecular formula is C26H29NO11. The summed E-state index contributed by atoms with van der Waals surface area (Å²) in [7, 11) is 3.52. The van der Waals surface area contributed by atoms with Gasteiger partial charge in [0.25, 0.3) is 0 Å². The topological polar surface area (TPSA) is 169 Å². The molecule has 5 atom stereocenters. The van der Waals surface area contributed by atoms with Crippen molar-refractivity contribution in [2.45, 2.75) is 67.8 Å². The zero-order valence-electron chi connectivity index (χ0n) is 21.0. The molecule has 3 N–H and O–H groups in total. The largest absolute Gasteiger partial charge is 0.493 e. The van der Waals surface area contributed by atoms with Crippen molar-refractivity contribution < 1.29 is 53.4 Å². The number of likely N-dealkylation sites (N-methyl/N-ethyl adjacent to an activating group) is 1. The molecule has 12 heteroatoms. The average Bonchev–Trinajstić information content (AvgIpc) is 3.21. The number of ether oxygens (including phenoxy) is 4. The second-order valence-corrected chi connectivity index (χ2v) is 10.2. The summed E-state index contributed by atoms with van der Waals surface area (Å²) >= 11 is 0. The van der Waals surface area contributed by atoms with Crippen LogP contribution in [-0.2, 0) is 40.5 Å². The van der Waals surface area contributed by atoms with Crippen molar-refractivity contribution in [3.8, 4) is 11.5 Å². The number of hydrogen-bond acceptors (Lipinski definition) is 10. The van der Waals surface area contributed by atoms with Gasteiger partial charge in [0.05, 0.1) is 37.4 Å². The van der Waals surface area contributed by atoms with Crippen molar-refractivity contribution >= 4 is 23.9 Å². The van der Waals surface area contributed by atoms with Crippen LogP contribution in [0.15, 0.2) is 24.0 Å². The molecule has 2 bridgehead atoms. The molecule has 12 nitrogen and oxygen atoms in total. The number of piperidine rings is 1. The van der Waals surface area contributed by atoms with E-state index in [9.17, 15) is 24.3 Å². The Morgan fingerprint density at radius 3 is 2.61 bits per heavy atom. The molecule has 1 aromatic carbocycles. The Morgan fingerprint density at radius 2 is 1.92 bits per heavy atom. The van der Waals surface area contributed by atoms with E-state index in [1.165, 1.54) is 7.11 Å². The number of hydrogen-bond donors (Lipinski definition) is 3. The highest BCUT2D eigenvalue weighted by molar-refractivity contribution is 5.84. The van der Waals surface area contributed by atoms with Gasteiger partial charge in [-0.3, -0.25) is 14.4 Å². The van der Waals surface area contributed by atoms with Gasteiger partial charge in [-0.15, -0.1) is 0 Å². The predicted octanol–water partition coefficient (Wildman–Crippen LogP) is 0.767. The van der Waals surface area contributed by atoms with Gasteiger partial charge in [0.15, 0.2) is 17.6 Å². The van der Waals surface area contributed by atoms with Gasteiger partial charge < -0.3 is 39.2 Å². The number of nitrogens with zero attached hydrogens (tertiary/aromatic N) is 1. The van der Waals surface area contributed by atoms with Gasteiger partial charge in [0, 0.05) is 18.0 Å². The zero-order chi connectivity index (χ0) is 27.4. The lowest BCUT2D eigenvalue weighted by molar-refractivity contribution is -0.171. The minimum Gasteiger partial charge on any atom is -0.493 e. The summed E-state index contributed by atoms with van der Waals surface area (Å²) in [5.74, 6) is -3.56. The van der Waals surface area contributed by atoms with E-state index in [1.807, 2.05) is 19.2 Å². The molecule has 1 spiro atoms. The van der Waals surface area contributed by atoms with Crippen LogP contribution in [0.25, 0.3) is 0 Å². The monoisotopic (exact) mass is 531 g/mol. The molecule has 5 rings (SSSR count). The van der Waals surface area contributed by atoms with Crippen LogP contribution < -0.4 is 9.47 Å². The number of methoxy groups -OCH3 is 1. The van der Waals surface area contributed by atoms with Gasteiger partial charge in [-0.25, -0.2) is 4.79 Å². The van der Waals surface area contributed by atoms with Crippen LogP contribution in [0.3, 0.4) is 0 Å². The Balaban J connectivity index is 1.35. The van der Waals surface area contributed by atoms with E-state index in [4.69, 9.17) is 29.2 Å². The van der Waals surface area contributed by atoms with Gasteiger partial charge in [-0.1, -0.05) is 6.07 Å². The molecule has 4 aliphatic rings. The van der Waals surface area contributed by atoms with Gasteiger partial charge in [-0.05, 0) is 44.1 Å². The van der Waals surface area contributed by atoms with E-state index in [2.05, 4.69) is 4.90 Å². The van der Waals surface area contributed by atoms with Crippen LogP contribution in [0.5, 0.6) is 11.5 Å². The average molecular weight is 532 g/mol. The molecule has 204 valence electrons. The quantitative estimate of drug-likeness (QED) is 0.383. The molecule has 2 aliphatic heterocycles. The minimum absolute atomic E-state index is 0.162. The van der Waals surface area contributed by atoms with E-state index in [0.717, 1.165) is 11.1 Å². The highest BCUT2D eigenvalue weighted by atomic mass is 16.6. The van der Waals surface area contributed by atoms with E-state index in [0.29, 0.717) is 30.9 Å². The molecule has 2 heterocycles. The third kappa shape index (κ3) is 3.81. The normalized spacial score (nSPS) is 29.3. The number of carbonyl (C=O) groups excluding carboxylic acids is 2. The van der Waals surface area contributed by atoms with E-state index >= 15 is 0 Å². The predicted molar refractivity (Wildman–Crippen MR) is 127 cm³/mol. The second kappa shape index (κ2) is 9.28.